The molecule has 0 bridgehead atoms. The topological polar surface area (TPSA) is 73.1 Å². The van der Waals surface area contributed by atoms with Crippen LogP contribution in [0.25, 0.3) is 0 Å². The van der Waals surface area contributed by atoms with Crippen LogP contribution in [-0.4, -0.2) is 17.3 Å². The van der Waals surface area contributed by atoms with Crippen LogP contribution in [0.3, 0.4) is 0 Å². The van der Waals surface area contributed by atoms with Gasteiger partial charge in [0.1, 0.15) is 10.8 Å². The van der Waals surface area contributed by atoms with Crippen LogP contribution in [0.5, 0.6) is 5.75 Å². The molecule has 1 unspecified atom stereocenters. The highest BCUT2D eigenvalue weighted by molar-refractivity contribution is 7.15. The summed E-state index contributed by atoms with van der Waals surface area (Å²) in [5.74, 6) is 0.916. The lowest BCUT2D eigenvalue weighted by atomic mass is 10.1. The molecule has 0 aliphatic carbocycles. The Hall–Kier alpha value is -1.66. The van der Waals surface area contributed by atoms with Crippen molar-refractivity contribution in [1.82, 2.24) is 10.2 Å². The minimum Gasteiger partial charge on any atom is -0.496 e. The number of hydrogen-bond donors (Lipinski definition) is 2. The molecule has 1 aromatic heterocycles. The molecule has 3 N–H and O–H groups in total. The highest BCUT2D eigenvalue weighted by atomic mass is 32.1. The monoisotopic (exact) mass is 278 g/mol. The number of nitrogens with two attached hydrogens (primary N) is 1. The predicted octanol–water partition coefficient (Wildman–Crippen LogP) is 2.93. The summed E-state index contributed by atoms with van der Waals surface area (Å²) in [4.78, 5) is 0. The van der Waals surface area contributed by atoms with Crippen molar-refractivity contribution < 1.29 is 4.74 Å². The first-order valence-corrected chi connectivity index (χ1v) is 6.84. The highest BCUT2D eigenvalue weighted by Gasteiger charge is 2.10. The van der Waals surface area contributed by atoms with E-state index in [0.717, 1.165) is 32.7 Å². The van der Waals surface area contributed by atoms with E-state index in [1.54, 1.807) is 7.11 Å². The van der Waals surface area contributed by atoms with Crippen LogP contribution >= 0.6 is 11.3 Å². The van der Waals surface area contributed by atoms with Crippen molar-refractivity contribution >= 4 is 22.2 Å². The van der Waals surface area contributed by atoms with Crippen LogP contribution in [0.4, 0.5) is 10.8 Å². The Labute approximate surface area is 116 Å². The lowest BCUT2D eigenvalue weighted by Gasteiger charge is -2.11. The molecule has 1 aromatic carbocycles. The molecule has 0 spiro atoms. The zero-order valence-electron chi connectivity index (χ0n) is 11.5. The minimum atomic E-state index is -0.0904. The second kappa shape index (κ2) is 5.54. The third-order valence-corrected chi connectivity index (χ3v) is 3.79. The number of aromatic nitrogens is 2. The first-order chi connectivity index (χ1) is 9.01. The quantitative estimate of drug-likeness (QED) is 0.899. The lowest BCUT2D eigenvalue weighted by molar-refractivity contribution is 0.408. The van der Waals surface area contributed by atoms with Gasteiger partial charge >= 0.3 is 0 Å². The van der Waals surface area contributed by atoms with E-state index >= 15 is 0 Å². The van der Waals surface area contributed by atoms with Gasteiger partial charge in [-0.25, -0.2) is 0 Å². The van der Waals surface area contributed by atoms with Gasteiger partial charge in [0.05, 0.1) is 13.2 Å². The van der Waals surface area contributed by atoms with Gasteiger partial charge in [-0.15, -0.1) is 10.2 Å². The van der Waals surface area contributed by atoms with Crippen molar-refractivity contribution in [3.63, 3.8) is 0 Å². The maximum absolute atomic E-state index is 5.77. The predicted molar refractivity (Wildman–Crippen MR) is 78.3 cm³/mol. The molecule has 0 fully saturated rings. The van der Waals surface area contributed by atoms with Gasteiger partial charge in [0.2, 0.25) is 5.13 Å². The van der Waals surface area contributed by atoms with Crippen molar-refractivity contribution in [2.75, 3.05) is 12.4 Å². The van der Waals surface area contributed by atoms with E-state index in [9.17, 15) is 0 Å². The number of benzene rings is 1. The third kappa shape index (κ3) is 3.02. The Morgan fingerprint density at radius 2 is 1.89 bits per heavy atom. The zero-order valence-corrected chi connectivity index (χ0v) is 12.3. The molecule has 0 aliphatic rings. The fourth-order valence-corrected chi connectivity index (χ4v) is 2.65. The molecular weight excluding hydrogens is 260 g/mol. The van der Waals surface area contributed by atoms with E-state index < -0.39 is 0 Å². The number of anilines is 2. The molecule has 19 heavy (non-hydrogen) atoms. The van der Waals surface area contributed by atoms with Gasteiger partial charge in [-0.3, -0.25) is 0 Å². The fraction of sp³-hybridized carbons (Fsp3) is 0.385. The zero-order chi connectivity index (χ0) is 14.0. The van der Waals surface area contributed by atoms with Crippen LogP contribution in [0.1, 0.15) is 29.1 Å². The van der Waals surface area contributed by atoms with Gasteiger partial charge in [0.25, 0.3) is 0 Å². The molecule has 0 saturated carbocycles. The van der Waals surface area contributed by atoms with Crippen molar-refractivity contribution in [1.29, 1.82) is 0 Å². The minimum absolute atomic E-state index is 0.0904. The molecule has 2 aromatic rings. The Morgan fingerprint density at radius 1 is 1.26 bits per heavy atom. The summed E-state index contributed by atoms with van der Waals surface area (Å²) in [6, 6.07) is 3.96. The summed E-state index contributed by atoms with van der Waals surface area (Å²) >= 11 is 1.47. The van der Waals surface area contributed by atoms with Crippen LogP contribution in [0, 0.1) is 13.8 Å². The van der Waals surface area contributed by atoms with Gasteiger partial charge in [-0.2, -0.15) is 0 Å². The van der Waals surface area contributed by atoms with Crippen molar-refractivity contribution in [2.24, 2.45) is 5.73 Å². The number of methoxy groups -OCH3 is 1. The fourth-order valence-electron chi connectivity index (χ4n) is 1.94. The van der Waals surface area contributed by atoms with Gasteiger partial charge < -0.3 is 15.8 Å². The molecule has 0 amide bonds. The van der Waals surface area contributed by atoms with Gasteiger partial charge in [-0.05, 0) is 44.0 Å². The number of hydrogen-bond acceptors (Lipinski definition) is 6. The van der Waals surface area contributed by atoms with E-state index in [2.05, 4.69) is 15.5 Å². The summed E-state index contributed by atoms with van der Waals surface area (Å²) in [6.45, 7) is 5.93. The van der Waals surface area contributed by atoms with E-state index in [0.29, 0.717) is 0 Å². The van der Waals surface area contributed by atoms with E-state index in [-0.39, 0.29) is 6.04 Å². The largest absolute Gasteiger partial charge is 0.496 e. The van der Waals surface area contributed by atoms with E-state index in [1.807, 2.05) is 32.9 Å². The first-order valence-electron chi connectivity index (χ1n) is 6.02. The average molecular weight is 278 g/mol. The van der Waals surface area contributed by atoms with Crippen molar-refractivity contribution in [2.45, 2.75) is 26.8 Å². The molecule has 6 heteroatoms. The normalized spacial score (nSPS) is 12.3. The SMILES string of the molecule is COc1c(C)cc(Nc2nnc(C(C)N)s2)cc1C. The summed E-state index contributed by atoms with van der Waals surface area (Å²) in [5, 5.41) is 12.9. The van der Waals surface area contributed by atoms with Gasteiger partial charge in [-0.1, -0.05) is 11.3 Å². The van der Waals surface area contributed by atoms with E-state index in [1.165, 1.54) is 11.3 Å². The molecular formula is C13H18N4OS. The first kappa shape index (κ1) is 13.8. The molecule has 102 valence electrons. The summed E-state index contributed by atoms with van der Waals surface area (Å²) < 4.78 is 5.35. The second-order valence-electron chi connectivity index (χ2n) is 4.50. The molecule has 0 radical (unpaired) electrons. The van der Waals surface area contributed by atoms with Crippen LogP contribution in [-0.2, 0) is 0 Å². The smallest absolute Gasteiger partial charge is 0.210 e. The van der Waals surface area contributed by atoms with Crippen LogP contribution in [0.15, 0.2) is 12.1 Å². The standard InChI is InChI=1S/C13H18N4OS/c1-7-5-10(6-8(2)11(7)18-4)15-13-17-16-12(19-13)9(3)14/h5-6,9H,14H2,1-4H3,(H,15,17). The molecule has 5 nitrogen and oxygen atoms in total. The number of rotatable bonds is 4. The van der Waals surface area contributed by atoms with Gasteiger partial charge in [0.15, 0.2) is 0 Å². The average Bonchev–Trinajstić information content (AvgIpc) is 2.77. The molecule has 1 atom stereocenters. The highest BCUT2D eigenvalue weighted by Crippen LogP contribution is 2.29. The van der Waals surface area contributed by atoms with Crippen LogP contribution < -0.4 is 15.8 Å². The summed E-state index contributed by atoms with van der Waals surface area (Å²) in [7, 11) is 1.68. The van der Waals surface area contributed by atoms with Crippen molar-refractivity contribution in [3.8, 4) is 5.75 Å². The molecule has 0 aliphatic heterocycles. The molecule has 0 saturated heterocycles. The lowest BCUT2D eigenvalue weighted by Crippen LogP contribution is -2.03. The third-order valence-electron chi connectivity index (χ3n) is 2.75. The molecule has 2 rings (SSSR count). The number of ether oxygens (including phenoxy) is 1. The van der Waals surface area contributed by atoms with Crippen LogP contribution in [0.2, 0.25) is 0 Å². The Bertz CT molecular complexity index is 557. The Balaban J connectivity index is 2.23. The number of nitrogens with one attached hydrogen (secondary N) is 1. The summed E-state index contributed by atoms with van der Waals surface area (Å²) in [5.41, 5.74) is 8.92. The maximum atomic E-state index is 5.77. The van der Waals surface area contributed by atoms with Crippen molar-refractivity contribution in [3.05, 3.63) is 28.3 Å². The number of nitrogens with zero attached hydrogens (tertiary/aromatic N) is 2. The summed E-state index contributed by atoms with van der Waals surface area (Å²) in [6.07, 6.45) is 0. The van der Waals surface area contributed by atoms with E-state index in [4.69, 9.17) is 10.5 Å². The second-order valence-corrected chi connectivity index (χ2v) is 5.51. The molecule has 1 heterocycles. The Morgan fingerprint density at radius 3 is 2.37 bits per heavy atom. The Kier molecular flexibility index (Phi) is 4.01. The number of aryl methyl sites for hydroxylation is 2. The van der Waals surface area contributed by atoms with Gasteiger partial charge in [0, 0.05) is 5.69 Å². The maximum Gasteiger partial charge on any atom is 0.210 e.